The fraction of sp³-hybridized carbons (Fsp3) is 0.600. The summed E-state index contributed by atoms with van der Waals surface area (Å²) in [7, 11) is 1.76. The highest BCUT2D eigenvalue weighted by atomic mass is 32.2. The standard InChI is InChI=1S/C10H18N4OS/c1-14(7-8-5-12-13-6-8)10(15)9(11)3-4-16-2/h5-6,9H,3-4,7,11H2,1-2H3,(H,12,13)/t9-/m1/s1. The number of thioether (sulfide) groups is 1. The van der Waals surface area contributed by atoms with Gasteiger partial charge in [-0.3, -0.25) is 9.89 Å². The van der Waals surface area contributed by atoms with Crippen LogP contribution in [0.2, 0.25) is 0 Å². The van der Waals surface area contributed by atoms with Crippen LogP contribution in [-0.4, -0.2) is 46.1 Å². The number of likely N-dealkylation sites (N-methyl/N-ethyl adjacent to an activating group) is 1. The molecule has 1 amide bonds. The molecule has 1 heterocycles. The summed E-state index contributed by atoms with van der Waals surface area (Å²) in [5.41, 5.74) is 6.78. The summed E-state index contributed by atoms with van der Waals surface area (Å²) in [5, 5.41) is 6.55. The lowest BCUT2D eigenvalue weighted by Gasteiger charge is -2.20. The summed E-state index contributed by atoms with van der Waals surface area (Å²) >= 11 is 1.70. The van der Waals surface area contributed by atoms with Gasteiger partial charge in [-0.1, -0.05) is 0 Å². The second kappa shape index (κ2) is 6.55. The highest BCUT2D eigenvalue weighted by Gasteiger charge is 2.17. The number of nitrogens with zero attached hydrogens (tertiary/aromatic N) is 2. The summed E-state index contributed by atoms with van der Waals surface area (Å²) in [6, 6.07) is -0.399. The van der Waals surface area contributed by atoms with Crippen molar-refractivity contribution in [2.24, 2.45) is 5.73 Å². The van der Waals surface area contributed by atoms with Gasteiger partial charge in [0.15, 0.2) is 0 Å². The molecule has 0 aliphatic carbocycles. The van der Waals surface area contributed by atoms with E-state index in [1.54, 1.807) is 36.1 Å². The molecule has 6 heteroatoms. The van der Waals surface area contributed by atoms with Gasteiger partial charge in [0.05, 0.1) is 12.2 Å². The minimum atomic E-state index is -0.399. The van der Waals surface area contributed by atoms with Gasteiger partial charge in [0.25, 0.3) is 0 Å². The molecule has 3 N–H and O–H groups in total. The molecule has 0 unspecified atom stereocenters. The zero-order valence-corrected chi connectivity index (χ0v) is 10.5. The van der Waals surface area contributed by atoms with E-state index in [0.717, 1.165) is 17.7 Å². The van der Waals surface area contributed by atoms with Gasteiger partial charge in [0.1, 0.15) is 0 Å². The Morgan fingerprint density at radius 1 is 1.75 bits per heavy atom. The lowest BCUT2D eigenvalue weighted by molar-refractivity contribution is -0.131. The van der Waals surface area contributed by atoms with E-state index in [-0.39, 0.29) is 5.91 Å². The van der Waals surface area contributed by atoms with Crippen molar-refractivity contribution in [1.29, 1.82) is 0 Å². The number of H-pyrrole nitrogens is 1. The van der Waals surface area contributed by atoms with Gasteiger partial charge < -0.3 is 10.6 Å². The molecule has 0 bridgehead atoms. The van der Waals surface area contributed by atoms with E-state index >= 15 is 0 Å². The number of hydrogen-bond acceptors (Lipinski definition) is 4. The van der Waals surface area contributed by atoms with Gasteiger partial charge in [-0.2, -0.15) is 16.9 Å². The van der Waals surface area contributed by atoms with Gasteiger partial charge in [-0.25, -0.2) is 0 Å². The Morgan fingerprint density at radius 3 is 3.06 bits per heavy atom. The van der Waals surface area contributed by atoms with Crippen LogP contribution in [0, 0.1) is 0 Å². The van der Waals surface area contributed by atoms with Crippen molar-refractivity contribution in [2.45, 2.75) is 19.0 Å². The van der Waals surface area contributed by atoms with E-state index in [4.69, 9.17) is 5.73 Å². The molecule has 1 atom stereocenters. The first-order chi connectivity index (χ1) is 7.65. The Labute approximate surface area is 99.8 Å². The minimum absolute atomic E-state index is 0.0183. The Bertz CT molecular complexity index is 315. The lowest BCUT2D eigenvalue weighted by Crippen LogP contribution is -2.41. The average molecular weight is 242 g/mol. The summed E-state index contributed by atoms with van der Waals surface area (Å²) in [6.45, 7) is 0.544. The Balaban J connectivity index is 2.41. The fourth-order valence-electron chi connectivity index (χ4n) is 1.37. The molecule has 90 valence electrons. The first-order valence-corrected chi connectivity index (χ1v) is 6.51. The number of rotatable bonds is 6. The van der Waals surface area contributed by atoms with E-state index < -0.39 is 6.04 Å². The predicted molar refractivity (Wildman–Crippen MR) is 66.0 cm³/mol. The topological polar surface area (TPSA) is 75.0 Å². The Kier molecular flexibility index (Phi) is 5.34. The van der Waals surface area contributed by atoms with Crippen molar-refractivity contribution >= 4 is 17.7 Å². The molecule has 0 radical (unpaired) electrons. The highest BCUT2D eigenvalue weighted by molar-refractivity contribution is 7.98. The van der Waals surface area contributed by atoms with Gasteiger partial charge >= 0.3 is 0 Å². The van der Waals surface area contributed by atoms with E-state index in [2.05, 4.69) is 10.2 Å². The Hall–Kier alpha value is -1.01. The number of aromatic amines is 1. The summed E-state index contributed by atoms with van der Waals surface area (Å²) < 4.78 is 0. The zero-order chi connectivity index (χ0) is 12.0. The second-order valence-corrected chi connectivity index (χ2v) is 4.67. The number of amides is 1. The molecule has 5 nitrogen and oxygen atoms in total. The molecule has 16 heavy (non-hydrogen) atoms. The first-order valence-electron chi connectivity index (χ1n) is 5.12. The van der Waals surface area contributed by atoms with E-state index in [9.17, 15) is 4.79 Å². The van der Waals surface area contributed by atoms with Crippen molar-refractivity contribution in [3.63, 3.8) is 0 Å². The molecular weight excluding hydrogens is 224 g/mol. The third-order valence-electron chi connectivity index (χ3n) is 2.30. The van der Waals surface area contributed by atoms with Crippen LogP contribution in [0.1, 0.15) is 12.0 Å². The van der Waals surface area contributed by atoms with Crippen LogP contribution in [0.25, 0.3) is 0 Å². The van der Waals surface area contributed by atoms with Crippen molar-refractivity contribution < 1.29 is 4.79 Å². The molecule has 1 rings (SSSR count). The second-order valence-electron chi connectivity index (χ2n) is 3.69. The van der Waals surface area contributed by atoms with Gasteiger partial charge in [-0.05, 0) is 18.4 Å². The maximum Gasteiger partial charge on any atom is 0.239 e. The van der Waals surface area contributed by atoms with E-state index in [1.807, 2.05) is 6.26 Å². The van der Waals surface area contributed by atoms with Gasteiger partial charge in [0, 0.05) is 25.4 Å². The lowest BCUT2D eigenvalue weighted by atomic mass is 10.2. The Morgan fingerprint density at radius 2 is 2.50 bits per heavy atom. The fourth-order valence-corrected chi connectivity index (χ4v) is 1.86. The normalized spacial score (nSPS) is 12.4. The van der Waals surface area contributed by atoms with Crippen LogP contribution in [-0.2, 0) is 11.3 Å². The van der Waals surface area contributed by atoms with Crippen LogP contribution >= 0.6 is 11.8 Å². The number of hydrogen-bond donors (Lipinski definition) is 2. The quantitative estimate of drug-likeness (QED) is 0.759. The smallest absolute Gasteiger partial charge is 0.239 e. The van der Waals surface area contributed by atoms with Crippen molar-refractivity contribution in [3.05, 3.63) is 18.0 Å². The first kappa shape index (κ1) is 13.1. The maximum absolute atomic E-state index is 11.8. The zero-order valence-electron chi connectivity index (χ0n) is 9.64. The summed E-state index contributed by atoms with van der Waals surface area (Å²) in [4.78, 5) is 13.5. The molecule has 0 fully saturated rings. The molecule has 0 aliphatic heterocycles. The monoisotopic (exact) mass is 242 g/mol. The number of carbonyl (C=O) groups is 1. The van der Waals surface area contributed by atoms with Crippen LogP contribution < -0.4 is 5.73 Å². The van der Waals surface area contributed by atoms with Crippen LogP contribution in [0.3, 0.4) is 0 Å². The largest absolute Gasteiger partial charge is 0.340 e. The SMILES string of the molecule is CSCC[C@@H](N)C(=O)N(C)Cc1cn[nH]c1. The number of nitrogens with one attached hydrogen (secondary N) is 1. The van der Waals surface area contributed by atoms with Gasteiger partial charge in [-0.15, -0.1) is 0 Å². The maximum atomic E-state index is 11.8. The third kappa shape index (κ3) is 3.86. The van der Waals surface area contributed by atoms with Gasteiger partial charge in [0.2, 0.25) is 5.91 Å². The number of carbonyl (C=O) groups excluding carboxylic acids is 1. The van der Waals surface area contributed by atoms with Crippen LogP contribution in [0.5, 0.6) is 0 Å². The van der Waals surface area contributed by atoms with Crippen LogP contribution in [0.4, 0.5) is 0 Å². The average Bonchev–Trinajstić information content (AvgIpc) is 2.77. The number of aromatic nitrogens is 2. The molecule has 1 aromatic rings. The third-order valence-corrected chi connectivity index (χ3v) is 2.94. The summed E-state index contributed by atoms with van der Waals surface area (Å²) in [6.07, 6.45) is 6.20. The molecule has 0 aliphatic rings. The van der Waals surface area contributed by atoms with Crippen molar-refractivity contribution in [1.82, 2.24) is 15.1 Å². The molecule has 1 aromatic heterocycles. The predicted octanol–water partition coefficient (Wildman–Crippen LogP) is 0.448. The van der Waals surface area contributed by atoms with E-state index in [0.29, 0.717) is 6.54 Å². The highest BCUT2D eigenvalue weighted by Crippen LogP contribution is 2.05. The van der Waals surface area contributed by atoms with E-state index in [1.165, 1.54) is 0 Å². The number of nitrogens with two attached hydrogens (primary N) is 1. The van der Waals surface area contributed by atoms with Crippen molar-refractivity contribution in [2.75, 3.05) is 19.1 Å². The van der Waals surface area contributed by atoms with Crippen LogP contribution in [0.15, 0.2) is 12.4 Å². The molecule has 0 spiro atoms. The molecular formula is C10H18N4OS. The summed E-state index contributed by atoms with van der Waals surface area (Å²) in [5.74, 6) is 0.891. The van der Waals surface area contributed by atoms with Crippen molar-refractivity contribution in [3.8, 4) is 0 Å². The molecule has 0 saturated carbocycles. The molecule has 0 aromatic carbocycles. The molecule has 0 saturated heterocycles. The minimum Gasteiger partial charge on any atom is -0.340 e.